The molecule has 2 aliphatic rings. The average Bonchev–Trinajstić information content (AvgIpc) is 3.27. The summed E-state index contributed by atoms with van der Waals surface area (Å²) in [4.78, 5) is 41.2. The summed E-state index contributed by atoms with van der Waals surface area (Å²) < 4.78 is 13.2. The maximum atomic E-state index is 13.9. The summed E-state index contributed by atoms with van der Waals surface area (Å²) in [6.07, 6.45) is 0. The minimum absolute atomic E-state index is 0.123. The second kappa shape index (κ2) is 8.20. The Kier molecular flexibility index (Phi) is 5.34. The van der Waals surface area contributed by atoms with Crippen LogP contribution in [0.15, 0.2) is 72.8 Å². The Morgan fingerprint density at radius 1 is 1.03 bits per heavy atom. The van der Waals surface area contributed by atoms with Crippen LogP contribution in [0.25, 0.3) is 0 Å². The largest absolute Gasteiger partial charge is 0.325 e. The second-order valence-electron chi connectivity index (χ2n) is 7.60. The minimum atomic E-state index is -1.31. The summed E-state index contributed by atoms with van der Waals surface area (Å²) in [5.41, 5.74) is 2.19. The van der Waals surface area contributed by atoms with Gasteiger partial charge in [0.1, 0.15) is 12.4 Å². The Morgan fingerprint density at radius 3 is 2.45 bits per heavy atom. The lowest BCUT2D eigenvalue weighted by Gasteiger charge is -2.33. The lowest BCUT2D eigenvalue weighted by atomic mass is 10.0. The molecule has 5 rings (SSSR count). The average molecular weight is 482 g/mol. The molecule has 2 aliphatic heterocycles. The van der Waals surface area contributed by atoms with Gasteiger partial charge in [-0.1, -0.05) is 29.8 Å². The number of carbonyl (C=O) groups is 3. The van der Waals surface area contributed by atoms with Crippen LogP contribution < -0.4 is 15.1 Å². The predicted octanol–water partition coefficient (Wildman–Crippen LogP) is 4.40. The molecule has 0 aliphatic carbocycles. The van der Waals surface area contributed by atoms with Crippen LogP contribution in [-0.4, -0.2) is 30.0 Å². The van der Waals surface area contributed by atoms with Crippen molar-refractivity contribution in [2.75, 3.05) is 27.4 Å². The number of para-hydroxylation sites is 1. The number of nitrogens with zero attached hydrogens (tertiary/aromatic N) is 2. The third-order valence-corrected chi connectivity index (χ3v) is 7.22. The van der Waals surface area contributed by atoms with Crippen molar-refractivity contribution in [3.05, 3.63) is 89.2 Å². The minimum Gasteiger partial charge on any atom is -0.325 e. The highest BCUT2D eigenvalue weighted by atomic mass is 35.5. The van der Waals surface area contributed by atoms with Gasteiger partial charge in [-0.15, -0.1) is 11.8 Å². The number of amides is 3. The van der Waals surface area contributed by atoms with Crippen LogP contribution >= 0.6 is 23.4 Å². The molecule has 0 unspecified atom stereocenters. The third-order valence-electron chi connectivity index (χ3n) is 5.58. The van der Waals surface area contributed by atoms with Crippen LogP contribution in [0.4, 0.5) is 21.5 Å². The highest BCUT2D eigenvalue weighted by Crippen LogP contribution is 2.55. The fourth-order valence-corrected chi connectivity index (χ4v) is 5.67. The Hall–Kier alpha value is -3.36. The molecular formula is C24H17ClFN3O3S. The van der Waals surface area contributed by atoms with E-state index in [-0.39, 0.29) is 24.1 Å². The number of thioether (sulfide) groups is 1. The van der Waals surface area contributed by atoms with Crippen molar-refractivity contribution in [3.63, 3.8) is 0 Å². The fourth-order valence-electron chi connectivity index (χ4n) is 4.18. The van der Waals surface area contributed by atoms with E-state index in [4.69, 9.17) is 11.6 Å². The van der Waals surface area contributed by atoms with Gasteiger partial charge in [0.05, 0.1) is 11.4 Å². The van der Waals surface area contributed by atoms with E-state index < -0.39 is 16.6 Å². The van der Waals surface area contributed by atoms with Gasteiger partial charge >= 0.3 is 0 Å². The number of benzene rings is 3. The first kappa shape index (κ1) is 21.5. The molecule has 1 spiro atoms. The first-order valence-electron chi connectivity index (χ1n) is 10.1. The molecule has 2 heterocycles. The number of hydrogen-bond acceptors (Lipinski definition) is 4. The Bertz CT molecular complexity index is 1270. The van der Waals surface area contributed by atoms with Gasteiger partial charge in [0, 0.05) is 22.0 Å². The predicted molar refractivity (Wildman–Crippen MR) is 127 cm³/mol. The lowest BCUT2D eigenvalue weighted by molar-refractivity contribution is -0.124. The zero-order chi connectivity index (χ0) is 23.2. The Balaban J connectivity index is 1.50. The molecular weight excluding hydrogens is 465 g/mol. The van der Waals surface area contributed by atoms with Crippen molar-refractivity contribution in [1.82, 2.24) is 0 Å². The number of hydrogen-bond donors (Lipinski definition) is 1. The van der Waals surface area contributed by atoms with Crippen LogP contribution in [0, 0.1) is 5.82 Å². The van der Waals surface area contributed by atoms with Crippen molar-refractivity contribution in [1.29, 1.82) is 0 Å². The summed E-state index contributed by atoms with van der Waals surface area (Å²) >= 11 is 7.26. The smallest absolute Gasteiger partial charge is 0.269 e. The van der Waals surface area contributed by atoms with Crippen LogP contribution in [-0.2, 0) is 19.3 Å². The number of fused-ring (bicyclic) bond motifs is 2. The third kappa shape index (κ3) is 3.55. The molecule has 3 aromatic carbocycles. The van der Waals surface area contributed by atoms with Gasteiger partial charge in [-0.25, -0.2) is 4.39 Å². The van der Waals surface area contributed by atoms with Crippen LogP contribution in [0.5, 0.6) is 0 Å². The quantitative estimate of drug-likeness (QED) is 0.599. The lowest BCUT2D eigenvalue weighted by Crippen LogP contribution is -2.50. The highest BCUT2D eigenvalue weighted by molar-refractivity contribution is 8.02. The molecule has 1 fully saturated rings. The van der Waals surface area contributed by atoms with E-state index in [0.717, 1.165) is 0 Å². The van der Waals surface area contributed by atoms with E-state index in [9.17, 15) is 18.8 Å². The van der Waals surface area contributed by atoms with E-state index in [1.54, 1.807) is 48.5 Å². The molecule has 0 saturated carbocycles. The van der Waals surface area contributed by atoms with Crippen molar-refractivity contribution < 1.29 is 18.8 Å². The molecule has 0 bridgehead atoms. The summed E-state index contributed by atoms with van der Waals surface area (Å²) in [5, 5.41) is 3.20. The maximum Gasteiger partial charge on any atom is 0.269 e. The van der Waals surface area contributed by atoms with E-state index >= 15 is 0 Å². The number of rotatable bonds is 4. The van der Waals surface area contributed by atoms with E-state index in [0.29, 0.717) is 27.6 Å². The number of halogens is 2. The zero-order valence-electron chi connectivity index (χ0n) is 17.1. The van der Waals surface area contributed by atoms with E-state index in [2.05, 4.69) is 5.32 Å². The van der Waals surface area contributed by atoms with Crippen LogP contribution in [0.3, 0.4) is 0 Å². The standard InChI is InChI=1S/C24H17ClFN3O3S/c25-15-5-11-18(12-6-15)29-22(31)14-33-24(29)19-3-1-2-4-20(19)28(23(24)32)13-21(30)27-17-9-7-16(26)8-10-17/h1-12H,13-14H2,(H,27,30)/t24-/m0/s1. The summed E-state index contributed by atoms with van der Waals surface area (Å²) in [7, 11) is 0. The van der Waals surface area contributed by atoms with Crippen molar-refractivity contribution in [3.8, 4) is 0 Å². The van der Waals surface area contributed by atoms with Crippen molar-refractivity contribution >= 4 is 58.1 Å². The van der Waals surface area contributed by atoms with E-state index in [1.165, 1.54) is 45.8 Å². The van der Waals surface area contributed by atoms with Gasteiger partial charge in [0.25, 0.3) is 5.91 Å². The molecule has 0 aromatic heterocycles. The van der Waals surface area contributed by atoms with Crippen LogP contribution in [0.1, 0.15) is 5.56 Å². The SMILES string of the molecule is O=C(CN1C(=O)[C@@]2(SCC(=O)N2c2ccc(Cl)cc2)c2ccccc21)Nc1ccc(F)cc1. The van der Waals surface area contributed by atoms with Crippen LogP contribution in [0.2, 0.25) is 5.02 Å². The molecule has 33 heavy (non-hydrogen) atoms. The second-order valence-corrected chi connectivity index (χ2v) is 9.21. The molecule has 3 aromatic rings. The first-order chi connectivity index (χ1) is 15.9. The molecule has 0 radical (unpaired) electrons. The summed E-state index contributed by atoms with van der Waals surface area (Å²) in [5.74, 6) is -1.30. The number of nitrogens with one attached hydrogen (secondary N) is 1. The molecule has 1 N–H and O–H groups in total. The van der Waals surface area contributed by atoms with Gasteiger partial charge in [0.15, 0.2) is 0 Å². The monoisotopic (exact) mass is 481 g/mol. The summed E-state index contributed by atoms with van der Waals surface area (Å²) in [6, 6.07) is 19.3. The van der Waals surface area contributed by atoms with Gasteiger partial charge in [0.2, 0.25) is 16.7 Å². The number of anilines is 3. The van der Waals surface area contributed by atoms with E-state index in [1.807, 2.05) is 0 Å². The molecule has 1 saturated heterocycles. The molecule has 3 amide bonds. The Morgan fingerprint density at radius 2 is 1.73 bits per heavy atom. The fraction of sp³-hybridized carbons (Fsp3) is 0.125. The first-order valence-corrected chi connectivity index (χ1v) is 11.5. The summed E-state index contributed by atoms with van der Waals surface area (Å²) in [6.45, 7) is -0.252. The zero-order valence-corrected chi connectivity index (χ0v) is 18.7. The maximum absolute atomic E-state index is 13.9. The molecule has 9 heteroatoms. The molecule has 6 nitrogen and oxygen atoms in total. The van der Waals surface area contributed by atoms with Crippen molar-refractivity contribution in [2.24, 2.45) is 0 Å². The Labute approximate surface area is 198 Å². The van der Waals surface area contributed by atoms with Gasteiger partial charge in [-0.2, -0.15) is 0 Å². The number of carbonyl (C=O) groups excluding carboxylic acids is 3. The topological polar surface area (TPSA) is 69.7 Å². The van der Waals surface area contributed by atoms with Gasteiger partial charge in [-0.05, 0) is 54.6 Å². The normalized spacial score (nSPS) is 19.3. The molecule has 1 atom stereocenters. The highest BCUT2D eigenvalue weighted by Gasteiger charge is 2.61. The van der Waals surface area contributed by atoms with Gasteiger partial charge < -0.3 is 5.32 Å². The van der Waals surface area contributed by atoms with Gasteiger partial charge in [-0.3, -0.25) is 24.2 Å². The molecule has 166 valence electrons. The van der Waals surface area contributed by atoms with Crippen molar-refractivity contribution in [2.45, 2.75) is 4.87 Å².